The van der Waals surface area contributed by atoms with E-state index in [1.807, 2.05) is 6.92 Å². The SMILES string of the molecule is CCCc1nc(Cl)c(C)c(N2CCCCC2C)n1. The number of aromatic nitrogens is 2. The van der Waals surface area contributed by atoms with Gasteiger partial charge in [0, 0.05) is 24.6 Å². The summed E-state index contributed by atoms with van der Waals surface area (Å²) in [6.45, 7) is 7.52. The number of aryl methyl sites for hydroxylation is 1. The van der Waals surface area contributed by atoms with Gasteiger partial charge in [0.25, 0.3) is 0 Å². The molecule has 1 aliphatic rings. The Balaban J connectivity index is 2.35. The molecule has 2 heterocycles. The summed E-state index contributed by atoms with van der Waals surface area (Å²) in [4.78, 5) is 11.5. The van der Waals surface area contributed by atoms with Crippen LogP contribution in [0.4, 0.5) is 5.82 Å². The highest BCUT2D eigenvalue weighted by atomic mass is 35.5. The third kappa shape index (κ3) is 2.77. The Labute approximate surface area is 115 Å². The zero-order valence-corrected chi connectivity index (χ0v) is 12.3. The first kappa shape index (κ1) is 13.6. The fourth-order valence-corrected chi connectivity index (χ4v) is 2.73. The molecule has 1 aromatic rings. The highest BCUT2D eigenvalue weighted by Gasteiger charge is 2.23. The predicted molar refractivity (Wildman–Crippen MR) is 76.4 cm³/mol. The van der Waals surface area contributed by atoms with Crippen LogP contribution in [-0.4, -0.2) is 22.6 Å². The van der Waals surface area contributed by atoms with Gasteiger partial charge in [-0.05, 0) is 39.5 Å². The number of hydrogen-bond donors (Lipinski definition) is 0. The number of anilines is 1. The highest BCUT2D eigenvalue weighted by molar-refractivity contribution is 6.30. The molecule has 0 spiro atoms. The van der Waals surface area contributed by atoms with Crippen molar-refractivity contribution >= 4 is 17.4 Å². The standard InChI is InChI=1S/C14H22ClN3/c1-4-7-12-16-13(15)11(3)14(17-12)18-9-6-5-8-10(18)2/h10H,4-9H2,1-3H3. The second-order valence-electron chi connectivity index (χ2n) is 5.17. The molecule has 0 bridgehead atoms. The number of piperidine rings is 1. The summed E-state index contributed by atoms with van der Waals surface area (Å²) in [6.07, 6.45) is 5.75. The molecule has 0 aliphatic carbocycles. The van der Waals surface area contributed by atoms with Crippen molar-refractivity contribution in [3.05, 3.63) is 16.5 Å². The van der Waals surface area contributed by atoms with Crippen molar-refractivity contribution in [1.82, 2.24) is 9.97 Å². The number of halogens is 1. The maximum atomic E-state index is 6.24. The molecule has 1 saturated heterocycles. The van der Waals surface area contributed by atoms with E-state index in [1.165, 1.54) is 19.3 Å². The molecule has 100 valence electrons. The zero-order valence-electron chi connectivity index (χ0n) is 11.5. The summed E-state index contributed by atoms with van der Waals surface area (Å²) in [7, 11) is 0. The van der Waals surface area contributed by atoms with Crippen LogP contribution in [0.5, 0.6) is 0 Å². The average molecular weight is 268 g/mol. The van der Waals surface area contributed by atoms with E-state index in [1.54, 1.807) is 0 Å². The lowest BCUT2D eigenvalue weighted by atomic mass is 10.0. The zero-order chi connectivity index (χ0) is 13.1. The summed E-state index contributed by atoms with van der Waals surface area (Å²) < 4.78 is 0. The van der Waals surface area contributed by atoms with Crippen molar-refractivity contribution in [3.8, 4) is 0 Å². The van der Waals surface area contributed by atoms with Crippen molar-refractivity contribution in [3.63, 3.8) is 0 Å². The fourth-order valence-electron chi connectivity index (χ4n) is 2.55. The quantitative estimate of drug-likeness (QED) is 0.781. The number of rotatable bonds is 3. The van der Waals surface area contributed by atoms with Crippen LogP contribution in [0.15, 0.2) is 0 Å². The van der Waals surface area contributed by atoms with Gasteiger partial charge in [0.2, 0.25) is 0 Å². The molecule has 0 radical (unpaired) electrons. The topological polar surface area (TPSA) is 29.0 Å². The Morgan fingerprint density at radius 3 is 2.78 bits per heavy atom. The van der Waals surface area contributed by atoms with E-state index in [9.17, 15) is 0 Å². The maximum absolute atomic E-state index is 6.24. The van der Waals surface area contributed by atoms with Gasteiger partial charge in [0.1, 0.15) is 16.8 Å². The van der Waals surface area contributed by atoms with Gasteiger partial charge in [-0.15, -0.1) is 0 Å². The Kier molecular flexibility index (Phi) is 4.44. The van der Waals surface area contributed by atoms with Crippen molar-refractivity contribution in [2.45, 2.75) is 58.9 Å². The van der Waals surface area contributed by atoms with E-state index in [0.717, 1.165) is 36.6 Å². The van der Waals surface area contributed by atoms with Gasteiger partial charge in [0.15, 0.2) is 0 Å². The summed E-state index contributed by atoms with van der Waals surface area (Å²) in [5.74, 6) is 1.92. The van der Waals surface area contributed by atoms with Crippen molar-refractivity contribution in [2.75, 3.05) is 11.4 Å². The Bertz CT molecular complexity index is 420. The van der Waals surface area contributed by atoms with E-state index in [-0.39, 0.29) is 0 Å². The predicted octanol–water partition coefficient (Wildman–Crippen LogP) is 3.77. The molecular formula is C14H22ClN3. The number of hydrogen-bond acceptors (Lipinski definition) is 3. The number of nitrogens with zero attached hydrogens (tertiary/aromatic N) is 3. The third-order valence-electron chi connectivity index (χ3n) is 3.66. The average Bonchev–Trinajstić information content (AvgIpc) is 2.35. The summed E-state index contributed by atoms with van der Waals surface area (Å²) in [6, 6.07) is 0.554. The Morgan fingerprint density at radius 2 is 2.11 bits per heavy atom. The van der Waals surface area contributed by atoms with Crippen LogP contribution in [-0.2, 0) is 6.42 Å². The first-order chi connectivity index (χ1) is 8.63. The molecule has 0 amide bonds. The normalized spacial score (nSPS) is 20.2. The molecule has 0 N–H and O–H groups in total. The van der Waals surface area contributed by atoms with E-state index < -0.39 is 0 Å². The first-order valence-electron chi connectivity index (χ1n) is 6.93. The van der Waals surface area contributed by atoms with Gasteiger partial charge in [-0.1, -0.05) is 18.5 Å². The summed E-state index contributed by atoms with van der Waals surface area (Å²) in [5, 5.41) is 0.612. The molecule has 4 heteroatoms. The maximum Gasteiger partial charge on any atom is 0.137 e. The minimum absolute atomic E-state index is 0.554. The summed E-state index contributed by atoms with van der Waals surface area (Å²) in [5.41, 5.74) is 1.02. The molecule has 1 unspecified atom stereocenters. The molecule has 0 aromatic carbocycles. The van der Waals surface area contributed by atoms with E-state index >= 15 is 0 Å². The molecule has 3 nitrogen and oxygen atoms in total. The molecule has 1 fully saturated rings. The second kappa shape index (κ2) is 5.87. The third-order valence-corrected chi connectivity index (χ3v) is 4.02. The van der Waals surface area contributed by atoms with Crippen LogP contribution in [0.1, 0.15) is 50.9 Å². The molecule has 1 aliphatic heterocycles. The Morgan fingerprint density at radius 1 is 1.33 bits per heavy atom. The van der Waals surface area contributed by atoms with Crippen LogP contribution < -0.4 is 4.90 Å². The van der Waals surface area contributed by atoms with Crippen LogP contribution in [0.2, 0.25) is 5.15 Å². The molecule has 1 atom stereocenters. The van der Waals surface area contributed by atoms with Gasteiger partial charge in [-0.25, -0.2) is 9.97 Å². The van der Waals surface area contributed by atoms with Crippen molar-refractivity contribution in [1.29, 1.82) is 0 Å². The van der Waals surface area contributed by atoms with Crippen molar-refractivity contribution < 1.29 is 0 Å². The molecule has 2 rings (SSSR count). The van der Waals surface area contributed by atoms with Crippen LogP contribution in [0, 0.1) is 6.92 Å². The van der Waals surface area contributed by atoms with Crippen LogP contribution >= 0.6 is 11.6 Å². The van der Waals surface area contributed by atoms with Gasteiger partial charge in [0.05, 0.1) is 0 Å². The van der Waals surface area contributed by atoms with Gasteiger partial charge < -0.3 is 4.90 Å². The first-order valence-corrected chi connectivity index (χ1v) is 7.31. The molecule has 18 heavy (non-hydrogen) atoms. The minimum Gasteiger partial charge on any atom is -0.354 e. The minimum atomic E-state index is 0.554. The largest absolute Gasteiger partial charge is 0.354 e. The van der Waals surface area contributed by atoms with Gasteiger partial charge in [-0.3, -0.25) is 0 Å². The monoisotopic (exact) mass is 267 g/mol. The van der Waals surface area contributed by atoms with E-state index in [4.69, 9.17) is 16.6 Å². The lowest BCUT2D eigenvalue weighted by Gasteiger charge is -2.35. The van der Waals surface area contributed by atoms with Crippen LogP contribution in [0.3, 0.4) is 0 Å². The van der Waals surface area contributed by atoms with Crippen molar-refractivity contribution in [2.24, 2.45) is 0 Å². The molecule has 1 aromatic heterocycles. The van der Waals surface area contributed by atoms with E-state index in [0.29, 0.717) is 11.2 Å². The lowest BCUT2D eigenvalue weighted by Crippen LogP contribution is -2.38. The molecule has 0 saturated carbocycles. The second-order valence-corrected chi connectivity index (χ2v) is 5.53. The summed E-state index contributed by atoms with van der Waals surface area (Å²) >= 11 is 6.24. The highest BCUT2D eigenvalue weighted by Crippen LogP contribution is 2.29. The fraction of sp³-hybridized carbons (Fsp3) is 0.714. The van der Waals surface area contributed by atoms with E-state index in [2.05, 4.69) is 23.7 Å². The lowest BCUT2D eigenvalue weighted by molar-refractivity contribution is 0.479. The van der Waals surface area contributed by atoms with Gasteiger partial charge in [-0.2, -0.15) is 0 Å². The van der Waals surface area contributed by atoms with Gasteiger partial charge >= 0.3 is 0 Å². The smallest absolute Gasteiger partial charge is 0.137 e. The molecular weight excluding hydrogens is 246 g/mol. The van der Waals surface area contributed by atoms with Crippen LogP contribution in [0.25, 0.3) is 0 Å². The Hall–Kier alpha value is -0.830.